The summed E-state index contributed by atoms with van der Waals surface area (Å²) in [4.78, 5) is 12.5. The third-order valence-electron chi connectivity index (χ3n) is 5.28. The van der Waals surface area contributed by atoms with Gasteiger partial charge in [-0.25, -0.2) is 0 Å². The Morgan fingerprint density at radius 1 is 1.31 bits per heavy atom. The Hall–Kier alpha value is -2.04. The summed E-state index contributed by atoms with van der Waals surface area (Å²) in [5.74, 6) is 0.404. The normalized spacial score (nSPS) is 22.2. The zero-order chi connectivity index (χ0) is 18.0. The molecule has 1 saturated carbocycles. The second kappa shape index (κ2) is 8.11. The molecule has 0 radical (unpaired) electrons. The molecule has 1 aliphatic carbocycles. The van der Waals surface area contributed by atoms with E-state index < -0.39 is 0 Å². The first kappa shape index (κ1) is 20.3. The quantitative estimate of drug-likeness (QED) is 0.727. The Morgan fingerprint density at radius 2 is 2.00 bits per heavy atom. The predicted octanol–water partition coefficient (Wildman–Crippen LogP) is 3.09. The molecule has 2 aromatic carbocycles. The lowest BCUT2D eigenvalue weighted by atomic mass is 9.95. The van der Waals surface area contributed by atoms with Gasteiger partial charge in [-0.3, -0.25) is 4.79 Å². The van der Waals surface area contributed by atoms with E-state index in [2.05, 4.69) is 24.4 Å². The van der Waals surface area contributed by atoms with Crippen LogP contribution in [0.15, 0.2) is 48.5 Å². The van der Waals surface area contributed by atoms with Crippen LogP contribution in [0.4, 0.5) is 0 Å². The van der Waals surface area contributed by atoms with Crippen LogP contribution in [0.5, 0.6) is 5.75 Å². The number of phenolic OH excluding ortho intramolecular Hbond substituents is 1. The fraction of sp³-hybridized carbons (Fsp3) is 0.381. The Labute approximate surface area is 161 Å². The van der Waals surface area contributed by atoms with Gasteiger partial charge in [-0.15, -0.1) is 12.4 Å². The first-order chi connectivity index (χ1) is 11.9. The van der Waals surface area contributed by atoms with Crippen molar-refractivity contribution in [2.45, 2.75) is 38.1 Å². The summed E-state index contributed by atoms with van der Waals surface area (Å²) in [7, 11) is 0. The molecule has 26 heavy (non-hydrogen) atoms. The molecule has 2 aromatic rings. The lowest BCUT2D eigenvalue weighted by Crippen LogP contribution is -2.40. The third-order valence-corrected chi connectivity index (χ3v) is 5.28. The lowest BCUT2D eigenvalue weighted by molar-refractivity contribution is -0.122. The van der Waals surface area contributed by atoms with Crippen LogP contribution in [0.1, 0.15) is 30.0 Å². The molecular formula is C21H27ClN2O2. The number of nitrogens with two attached hydrogens (primary N) is 1. The molecule has 140 valence electrons. The van der Waals surface area contributed by atoms with Gasteiger partial charge < -0.3 is 16.2 Å². The van der Waals surface area contributed by atoms with E-state index in [1.54, 1.807) is 6.07 Å². The number of phenols is 1. The van der Waals surface area contributed by atoms with E-state index in [0.717, 1.165) is 17.5 Å². The number of hydrogen-bond donors (Lipinski definition) is 3. The van der Waals surface area contributed by atoms with Crippen molar-refractivity contribution in [2.24, 2.45) is 11.7 Å². The molecule has 0 saturated heterocycles. The van der Waals surface area contributed by atoms with Crippen molar-refractivity contribution in [1.29, 1.82) is 0 Å². The number of carbonyl (C=O) groups excluding carboxylic acids is 1. The van der Waals surface area contributed by atoms with Crippen LogP contribution >= 0.6 is 12.4 Å². The highest BCUT2D eigenvalue weighted by molar-refractivity contribution is 5.85. The van der Waals surface area contributed by atoms with Gasteiger partial charge in [-0.05, 0) is 42.5 Å². The van der Waals surface area contributed by atoms with Crippen molar-refractivity contribution in [3.05, 3.63) is 65.2 Å². The summed E-state index contributed by atoms with van der Waals surface area (Å²) in [5, 5.41) is 12.6. The molecule has 0 aromatic heterocycles. The van der Waals surface area contributed by atoms with Gasteiger partial charge in [0.15, 0.2) is 0 Å². The van der Waals surface area contributed by atoms with E-state index in [1.165, 1.54) is 5.56 Å². The first-order valence-electron chi connectivity index (χ1n) is 8.77. The number of rotatable bonds is 6. The smallest absolute Gasteiger partial charge is 0.224 e. The average Bonchev–Trinajstić information content (AvgIpc) is 3.30. The minimum absolute atomic E-state index is 0. The number of carbonyl (C=O) groups is 1. The molecule has 0 aliphatic heterocycles. The number of benzene rings is 2. The van der Waals surface area contributed by atoms with Crippen molar-refractivity contribution >= 4 is 18.3 Å². The van der Waals surface area contributed by atoms with Gasteiger partial charge in [0.25, 0.3) is 0 Å². The zero-order valence-electron chi connectivity index (χ0n) is 15.2. The number of halogens is 1. The van der Waals surface area contributed by atoms with Gasteiger partial charge in [-0.2, -0.15) is 0 Å². The number of nitrogens with one attached hydrogen (secondary N) is 1. The largest absolute Gasteiger partial charge is 0.508 e. The summed E-state index contributed by atoms with van der Waals surface area (Å²) < 4.78 is 0. The monoisotopic (exact) mass is 374 g/mol. The number of amides is 1. The maximum Gasteiger partial charge on any atom is 0.224 e. The molecule has 0 heterocycles. The van der Waals surface area contributed by atoms with Crippen molar-refractivity contribution in [3.8, 4) is 5.75 Å². The summed E-state index contributed by atoms with van der Waals surface area (Å²) >= 11 is 0. The first-order valence-corrected chi connectivity index (χ1v) is 8.77. The average molecular weight is 375 g/mol. The minimum Gasteiger partial charge on any atom is -0.508 e. The van der Waals surface area contributed by atoms with Crippen LogP contribution in [-0.4, -0.2) is 23.6 Å². The second-order valence-electron chi connectivity index (χ2n) is 7.37. The molecule has 5 heteroatoms. The van der Waals surface area contributed by atoms with Crippen LogP contribution in [-0.2, 0) is 16.6 Å². The van der Waals surface area contributed by atoms with E-state index in [-0.39, 0.29) is 35.7 Å². The Balaban J connectivity index is 0.00000243. The minimum atomic E-state index is -0.144. The predicted molar refractivity (Wildman–Crippen MR) is 107 cm³/mol. The highest BCUT2D eigenvalue weighted by Gasteiger charge is 2.55. The Bertz CT molecular complexity index is 766. The molecule has 0 bridgehead atoms. The molecule has 2 unspecified atom stereocenters. The van der Waals surface area contributed by atoms with Crippen LogP contribution in [0, 0.1) is 12.8 Å². The molecule has 4 nitrogen and oxygen atoms in total. The van der Waals surface area contributed by atoms with Gasteiger partial charge in [0.05, 0.1) is 0 Å². The summed E-state index contributed by atoms with van der Waals surface area (Å²) in [6.07, 6.45) is 1.55. The molecule has 1 fully saturated rings. The SMILES string of the molecule is Cc1cc(C[C@H](N)CNC(=O)C2CC2(C)c2ccccc2)ccc1O.Cl. The standard InChI is InChI=1S/C21H26N2O2.ClH/c1-14-10-15(8-9-19(14)24)11-17(22)13-23-20(25)18-12-21(18,2)16-6-4-3-5-7-16;/h3-10,17-18,24H,11-13,22H2,1-2H3,(H,23,25);1H/t17-,18?,21?;/m0./s1. The summed E-state index contributed by atoms with van der Waals surface area (Å²) in [6.45, 7) is 4.47. The molecule has 1 amide bonds. The van der Waals surface area contributed by atoms with E-state index in [9.17, 15) is 9.90 Å². The zero-order valence-corrected chi connectivity index (χ0v) is 16.1. The van der Waals surface area contributed by atoms with Crippen molar-refractivity contribution in [1.82, 2.24) is 5.32 Å². The van der Waals surface area contributed by atoms with Crippen LogP contribution in [0.2, 0.25) is 0 Å². The van der Waals surface area contributed by atoms with Crippen LogP contribution < -0.4 is 11.1 Å². The van der Waals surface area contributed by atoms with E-state index >= 15 is 0 Å². The molecule has 3 rings (SSSR count). The molecule has 0 spiro atoms. The van der Waals surface area contributed by atoms with Crippen molar-refractivity contribution < 1.29 is 9.90 Å². The highest BCUT2D eigenvalue weighted by atomic mass is 35.5. The topological polar surface area (TPSA) is 75.3 Å². The third kappa shape index (κ3) is 4.37. The van der Waals surface area contributed by atoms with Crippen molar-refractivity contribution in [3.63, 3.8) is 0 Å². The van der Waals surface area contributed by atoms with E-state index in [1.807, 2.05) is 37.3 Å². The fourth-order valence-corrected chi connectivity index (χ4v) is 3.46. The number of aryl methyl sites for hydroxylation is 1. The second-order valence-corrected chi connectivity index (χ2v) is 7.37. The van der Waals surface area contributed by atoms with Gasteiger partial charge in [-0.1, -0.05) is 49.4 Å². The summed E-state index contributed by atoms with van der Waals surface area (Å²) in [5.41, 5.74) is 9.24. The highest BCUT2D eigenvalue weighted by Crippen LogP contribution is 2.53. The molecule has 1 aliphatic rings. The van der Waals surface area contributed by atoms with Gasteiger partial charge >= 0.3 is 0 Å². The Kier molecular flexibility index (Phi) is 6.32. The Morgan fingerprint density at radius 3 is 2.65 bits per heavy atom. The van der Waals surface area contributed by atoms with Crippen LogP contribution in [0.3, 0.4) is 0 Å². The fourth-order valence-electron chi connectivity index (χ4n) is 3.46. The lowest BCUT2D eigenvalue weighted by Gasteiger charge is -2.15. The van der Waals surface area contributed by atoms with Gasteiger partial charge in [0.1, 0.15) is 5.75 Å². The maximum atomic E-state index is 12.5. The summed E-state index contributed by atoms with van der Waals surface area (Å²) in [6, 6.07) is 15.6. The number of hydrogen-bond acceptors (Lipinski definition) is 3. The maximum absolute atomic E-state index is 12.5. The molecular weight excluding hydrogens is 348 g/mol. The van der Waals surface area contributed by atoms with E-state index in [0.29, 0.717) is 18.7 Å². The molecule has 3 atom stereocenters. The molecule has 4 N–H and O–H groups in total. The van der Waals surface area contributed by atoms with Crippen molar-refractivity contribution in [2.75, 3.05) is 6.54 Å². The number of aromatic hydroxyl groups is 1. The van der Waals surface area contributed by atoms with Gasteiger partial charge in [0.2, 0.25) is 5.91 Å². The van der Waals surface area contributed by atoms with Gasteiger partial charge in [0, 0.05) is 23.9 Å². The van der Waals surface area contributed by atoms with Crippen LogP contribution in [0.25, 0.3) is 0 Å². The van der Waals surface area contributed by atoms with E-state index in [4.69, 9.17) is 5.73 Å².